The van der Waals surface area contributed by atoms with Gasteiger partial charge in [-0.3, -0.25) is 0 Å². The summed E-state index contributed by atoms with van der Waals surface area (Å²) in [6.07, 6.45) is 0. The fraction of sp³-hybridized carbons (Fsp3) is 0.188. The van der Waals surface area contributed by atoms with E-state index in [2.05, 4.69) is 35.7 Å². The Morgan fingerprint density at radius 2 is 1.84 bits per heavy atom. The van der Waals surface area contributed by atoms with Gasteiger partial charge < -0.3 is 5.32 Å². The molecule has 0 amide bonds. The first kappa shape index (κ1) is 13.7. The molecule has 96 valence electrons. The van der Waals surface area contributed by atoms with Crippen molar-refractivity contribution in [2.75, 3.05) is 7.05 Å². The van der Waals surface area contributed by atoms with Crippen LogP contribution < -0.4 is 5.32 Å². The van der Waals surface area contributed by atoms with E-state index in [-0.39, 0.29) is 0 Å². The van der Waals surface area contributed by atoms with Crippen LogP contribution in [0.25, 0.3) is 0 Å². The Morgan fingerprint density at radius 1 is 1.11 bits per heavy atom. The van der Waals surface area contributed by atoms with Crippen LogP contribution in [0.1, 0.15) is 16.7 Å². The van der Waals surface area contributed by atoms with Crippen LogP contribution in [0, 0.1) is 11.3 Å². The Kier molecular flexibility index (Phi) is 5.02. The number of nitrogens with zero attached hydrogens (tertiary/aromatic N) is 1. The molecule has 2 rings (SSSR count). The van der Waals surface area contributed by atoms with Gasteiger partial charge in [-0.2, -0.15) is 5.26 Å². The predicted octanol–water partition coefficient (Wildman–Crippen LogP) is 3.57. The van der Waals surface area contributed by atoms with E-state index in [0.29, 0.717) is 0 Å². The molecule has 0 heterocycles. The van der Waals surface area contributed by atoms with Crippen molar-refractivity contribution in [1.29, 1.82) is 5.26 Å². The Hall–Kier alpha value is -1.76. The van der Waals surface area contributed by atoms with Gasteiger partial charge in [-0.1, -0.05) is 30.3 Å². The lowest BCUT2D eigenvalue weighted by Gasteiger charge is -2.05. The largest absolute Gasteiger partial charge is 0.316 e. The SMILES string of the molecule is CNCc1ccc(SCc2ccccc2C#N)cc1. The molecule has 0 aliphatic rings. The maximum absolute atomic E-state index is 9.04. The summed E-state index contributed by atoms with van der Waals surface area (Å²) in [5.41, 5.74) is 3.14. The van der Waals surface area contributed by atoms with Crippen molar-refractivity contribution in [3.05, 3.63) is 65.2 Å². The lowest BCUT2D eigenvalue weighted by molar-refractivity contribution is 0.817. The minimum Gasteiger partial charge on any atom is -0.316 e. The molecule has 0 aromatic heterocycles. The average Bonchev–Trinajstić information content (AvgIpc) is 2.47. The lowest BCUT2D eigenvalue weighted by Crippen LogP contribution is -2.04. The highest BCUT2D eigenvalue weighted by Gasteiger charge is 2.02. The van der Waals surface area contributed by atoms with Crippen LogP contribution in [0.15, 0.2) is 53.4 Å². The van der Waals surface area contributed by atoms with E-state index in [0.717, 1.165) is 23.4 Å². The van der Waals surface area contributed by atoms with Gasteiger partial charge in [0, 0.05) is 17.2 Å². The summed E-state index contributed by atoms with van der Waals surface area (Å²) in [5, 5.41) is 12.2. The molecule has 2 aromatic rings. The molecule has 0 atom stereocenters. The van der Waals surface area contributed by atoms with Crippen molar-refractivity contribution in [3.8, 4) is 6.07 Å². The fourth-order valence-corrected chi connectivity index (χ4v) is 2.73. The highest BCUT2D eigenvalue weighted by molar-refractivity contribution is 7.98. The van der Waals surface area contributed by atoms with Gasteiger partial charge in [0.25, 0.3) is 0 Å². The van der Waals surface area contributed by atoms with E-state index >= 15 is 0 Å². The van der Waals surface area contributed by atoms with Gasteiger partial charge >= 0.3 is 0 Å². The number of nitrogens with one attached hydrogen (secondary N) is 1. The highest BCUT2D eigenvalue weighted by Crippen LogP contribution is 2.24. The fourth-order valence-electron chi connectivity index (χ4n) is 1.82. The Balaban J connectivity index is 2.00. The van der Waals surface area contributed by atoms with Crippen LogP contribution in [0.4, 0.5) is 0 Å². The molecule has 19 heavy (non-hydrogen) atoms. The monoisotopic (exact) mass is 268 g/mol. The number of thioether (sulfide) groups is 1. The van der Waals surface area contributed by atoms with E-state index in [1.807, 2.05) is 31.3 Å². The summed E-state index contributed by atoms with van der Waals surface area (Å²) < 4.78 is 0. The molecule has 2 aromatic carbocycles. The molecular formula is C16H16N2S. The highest BCUT2D eigenvalue weighted by atomic mass is 32.2. The first-order valence-electron chi connectivity index (χ1n) is 6.18. The number of rotatable bonds is 5. The summed E-state index contributed by atoms with van der Waals surface area (Å²) in [4.78, 5) is 1.23. The quantitative estimate of drug-likeness (QED) is 0.842. The Labute approximate surface area is 118 Å². The number of hydrogen-bond donors (Lipinski definition) is 1. The van der Waals surface area contributed by atoms with E-state index in [1.54, 1.807) is 11.8 Å². The molecule has 1 N–H and O–H groups in total. The van der Waals surface area contributed by atoms with Crippen molar-refractivity contribution >= 4 is 11.8 Å². The molecule has 0 unspecified atom stereocenters. The van der Waals surface area contributed by atoms with Crippen molar-refractivity contribution in [2.45, 2.75) is 17.2 Å². The number of nitriles is 1. The number of benzene rings is 2. The second kappa shape index (κ2) is 6.98. The van der Waals surface area contributed by atoms with Crippen LogP contribution >= 0.6 is 11.8 Å². The molecule has 2 nitrogen and oxygen atoms in total. The van der Waals surface area contributed by atoms with Crippen molar-refractivity contribution in [2.24, 2.45) is 0 Å². The zero-order chi connectivity index (χ0) is 13.5. The molecule has 0 spiro atoms. The molecular weight excluding hydrogens is 252 g/mol. The summed E-state index contributed by atoms with van der Waals surface area (Å²) in [5.74, 6) is 0.828. The van der Waals surface area contributed by atoms with Gasteiger partial charge in [-0.25, -0.2) is 0 Å². The van der Waals surface area contributed by atoms with Crippen LogP contribution in [-0.4, -0.2) is 7.05 Å². The van der Waals surface area contributed by atoms with E-state index in [4.69, 9.17) is 5.26 Å². The zero-order valence-electron chi connectivity index (χ0n) is 10.9. The molecule has 0 saturated heterocycles. The standard InChI is InChI=1S/C16H16N2S/c1-18-11-13-6-8-16(9-7-13)19-12-15-5-3-2-4-14(15)10-17/h2-9,18H,11-12H2,1H3. The summed E-state index contributed by atoms with van der Waals surface area (Å²) in [6, 6.07) is 18.5. The smallest absolute Gasteiger partial charge is 0.0994 e. The van der Waals surface area contributed by atoms with E-state index in [9.17, 15) is 0 Å². The zero-order valence-corrected chi connectivity index (χ0v) is 11.7. The molecule has 0 saturated carbocycles. The third-order valence-corrected chi connectivity index (χ3v) is 3.90. The molecule has 0 radical (unpaired) electrons. The lowest BCUT2D eigenvalue weighted by atomic mass is 10.1. The predicted molar refractivity (Wildman–Crippen MR) is 79.9 cm³/mol. The van der Waals surface area contributed by atoms with Gasteiger partial charge in [-0.05, 0) is 36.4 Å². The second-order valence-electron chi connectivity index (χ2n) is 4.23. The van der Waals surface area contributed by atoms with Crippen LogP contribution in [0.3, 0.4) is 0 Å². The van der Waals surface area contributed by atoms with Gasteiger partial charge in [0.1, 0.15) is 0 Å². The molecule has 0 aliphatic heterocycles. The van der Waals surface area contributed by atoms with Crippen molar-refractivity contribution < 1.29 is 0 Å². The average molecular weight is 268 g/mol. The third-order valence-electron chi connectivity index (χ3n) is 2.84. The topological polar surface area (TPSA) is 35.8 Å². The van der Waals surface area contributed by atoms with Crippen molar-refractivity contribution in [3.63, 3.8) is 0 Å². The summed E-state index contributed by atoms with van der Waals surface area (Å²) in [7, 11) is 1.95. The third kappa shape index (κ3) is 3.85. The summed E-state index contributed by atoms with van der Waals surface area (Å²) in [6.45, 7) is 0.891. The molecule has 3 heteroatoms. The van der Waals surface area contributed by atoms with Crippen molar-refractivity contribution in [1.82, 2.24) is 5.32 Å². The summed E-state index contributed by atoms with van der Waals surface area (Å²) >= 11 is 1.76. The van der Waals surface area contributed by atoms with E-state index in [1.165, 1.54) is 10.5 Å². The van der Waals surface area contributed by atoms with Gasteiger partial charge in [0.05, 0.1) is 11.6 Å². The normalized spacial score (nSPS) is 10.1. The number of hydrogen-bond acceptors (Lipinski definition) is 3. The maximum atomic E-state index is 9.04. The Bertz CT molecular complexity index is 570. The minimum atomic E-state index is 0.766. The minimum absolute atomic E-state index is 0.766. The maximum Gasteiger partial charge on any atom is 0.0994 e. The van der Waals surface area contributed by atoms with Crippen LogP contribution in [0.2, 0.25) is 0 Å². The van der Waals surface area contributed by atoms with Crippen LogP contribution in [-0.2, 0) is 12.3 Å². The van der Waals surface area contributed by atoms with E-state index < -0.39 is 0 Å². The molecule has 0 fully saturated rings. The Morgan fingerprint density at radius 3 is 2.53 bits per heavy atom. The van der Waals surface area contributed by atoms with Gasteiger partial charge in [0.15, 0.2) is 0 Å². The molecule has 0 aliphatic carbocycles. The van der Waals surface area contributed by atoms with Gasteiger partial charge in [0.2, 0.25) is 0 Å². The van der Waals surface area contributed by atoms with Gasteiger partial charge in [-0.15, -0.1) is 11.8 Å². The van der Waals surface area contributed by atoms with Crippen LogP contribution in [0.5, 0.6) is 0 Å². The second-order valence-corrected chi connectivity index (χ2v) is 5.28. The molecule has 0 bridgehead atoms. The first-order chi connectivity index (χ1) is 9.33. The first-order valence-corrected chi connectivity index (χ1v) is 7.16.